The molecule has 1 saturated heterocycles. The molecule has 1 unspecified atom stereocenters. The van der Waals surface area contributed by atoms with E-state index in [0.29, 0.717) is 4.67 Å². The number of amides is 1. The molecule has 10 nitrogen and oxygen atoms in total. The van der Waals surface area contributed by atoms with E-state index in [9.17, 15) is 23.8 Å². The third-order valence-corrected chi connectivity index (χ3v) is 4.82. The van der Waals surface area contributed by atoms with Crippen LogP contribution in [0.5, 0.6) is 5.75 Å². The lowest BCUT2D eigenvalue weighted by Gasteiger charge is -2.43. The molecule has 0 bridgehead atoms. The van der Waals surface area contributed by atoms with Crippen LogP contribution >= 0.6 is 7.75 Å². The molecule has 11 heteroatoms. The van der Waals surface area contributed by atoms with Gasteiger partial charge in [0.05, 0.1) is 11.7 Å². The Bertz CT molecular complexity index is 731. The molecule has 1 aromatic heterocycles. The highest BCUT2D eigenvalue weighted by molar-refractivity contribution is 7.51. The molecule has 0 aliphatic carbocycles. The number of H-pyrrole nitrogens is 1. The van der Waals surface area contributed by atoms with Gasteiger partial charge in [-0.3, -0.25) is 18.9 Å². The largest absolute Gasteiger partial charge is 0.503 e. The van der Waals surface area contributed by atoms with Gasteiger partial charge in [0.15, 0.2) is 5.75 Å². The molecule has 0 spiro atoms. The van der Waals surface area contributed by atoms with E-state index in [1.54, 1.807) is 0 Å². The Morgan fingerprint density at radius 3 is 2.73 bits per heavy atom. The number of hydrogen-bond donors (Lipinski definition) is 4. The summed E-state index contributed by atoms with van der Waals surface area (Å²) in [6.45, 7) is 0.637. The number of aromatic hydroxyl groups is 1. The Labute approximate surface area is 124 Å². The summed E-state index contributed by atoms with van der Waals surface area (Å²) in [6, 6.07) is -0.739. The Morgan fingerprint density at radius 2 is 2.18 bits per heavy atom. The first kappa shape index (κ1) is 16.4. The fraction of sp³-hybridized carbons (Fsp3) is 0.364. The van der Waals surface area contributed by atoms with E-state index in [1.165, 1.54) is 6.92 Å². The van der Waals surface area contributed by atoms with Crippen LogP contribution in [-0.2, 0) is 13.9 Å². The molecule has 22 heavy (non-hydrogen) atoms. The fourth-order valence-electron chi connectivity index (χ4n) is 1.89. The van der Waals surface area contributed by atoms with Gasteiger partial charge in [0.25, 0.3) is 5.91 Å². The van der Waals surface area contributed by atoms with Crippen molar-refractivity contribution in [3.63, 3.8) is 0 Å². The van der Waals surface area contributed by atoms with Crippen LogP contribution in [0, 0.1) is 0 Å². The molecule has 1 amide bonds. The lowest BCUT2D eigenvalue weighted by Crippen LogP contribution is -2.65. The highest BCUT2D eigenvalue weighted by Gasteiger charge is 2.52. The predicted molar refractivity (Wildman–Crippen MR) is 73.1 cm³/mol. The molecule has 0 saturated carbocycles. The van der Waals surface area contributed by atoms with Gasteiger partial charge < -0.3 is 20.7 Å². The molecule has 2 rings (SSSR count). The summed E-state index contributed by atoms with van der Waals surface area (Å²) in [5, 5.41) is 9.05. The summed E-state index contributed by atoms with van der Waals surface area (Å²) in [4.78, 5) is 46.5. The number of ketones is 1. The van der Waals surface area contributed by atoms with Gasteiger partial charge in [-0.1, -0.05) is 0 Å². The summed E-state index contributed by atoms with van der Waals surface area (Å²) in [6.07, 6.45) is 0.911. The first-order chi connectivity index (χ1) is 10.1. The number of nitrogens with one attached hydrogen (secondary N) is 1. The van der Waals surface area contributed by atoms with Gasteiger partial charge in [-0.05, 0) is 6.92 Å². The topological polar surface area (TPSA) is 163 Å². The summed E-state index contributed by atoms with van der Waals surface area (Å²) in [5.74, 6) is -2.11. The summed E-state index contributed by atoms with van der Waals surface area (Å²) in [7, 11) is -4.50. The summed E-state index contributed by atoms with van der Waals surface area (Å²) in [5.41, 5.74) is 4.43. The van der Waals surface area contributed by atoms with Crippen LogP contribution in [0.4, 0.5) is 0 Å². The van der Waals surface area contributed by atoms with Gasteiger partial charge in [0, 0.05) is 12.3 Å². The zero-order valence-electron chi connectivity index (χ0n) is 11.4. The average Bonchev–Trinajstić information content (AvgIpc) is 2.47. The maximum Gasteiger partial charge on any atom is 0.435 e. The lowest BCUT2D eigenvalue weighted by atomic mass is 10.0. The smallest absolute Gasteiger partial charge is 0.435 e. The van der Waals surface area contributed by atoms with Gasteiger partial charge in [0.1, 0.15) is 12.6 Å². The van der Waals surface area contributed by atoms with E-state index < -0.39 is 49.3 Å². The number of carbonyl (C=O) groups excluding carboxylic acids is 2. The zero-order valence-corrected chi connectivity index (χ0v) is 12.3. The van der Waals surface area contributed by atoms with Crippen molar-refractivity contribution in [2.75, 3.05) is 6.61 Å². The van der Waals surface area contributed by atoms with Crippen molar-refractivity contribution >= 4 is 19.4 Å². The van der Waals surface area contributed by atoms with Crippen molar-refractivity contribution in [1.82, 2.24) is 9.65 Å². The van der Waals surface area contributed by atoms with E-state index in [-0.39, 0.29) is 5.69 Å². The van der Waals surface area contributed by atoms with E-state index in [4.69, 9.17) is 10.8 Å². The molecule has 1 aliphatic rings. The van der Waals surface area contributed by atoms with E-state index in [2.05, 4.69) is 9.51 Å². The van der Waals surface area contributed by atoms with Gasteiger partial charge in [-0.15, -0.1) is 0 Å². The number of β-lactam (4-membered cyclic amide) rings is 1. The number of pyridine rings is 1. The first-order valence-corrected chi connectivity index (χ1v) is 7.69. The Kier molecular flexibility index (Phi) is 4.21. The first-order valence-electron chi connectivity index (χ1n) is 6.16. The molecule has 1 aromatic rings. The van der Waals surface area contributed by atoms with Crippen LogP contribution in [-0.4, -0.2) is 50.0 Å². The minimum Gasteiger partial charge on any atom is -0.503 e. The number of nitrogens with two attached hydrogens (primary N) is 1. The fourth-order valence-corrected chi connectivity index (χ4v) is 3.29. The third kappa shape index (κ3) is 2.81. The minimum atomic E-state index is -4.50. The Hall–Kier alpha value is -2.00. The van der Waals surface area contributed by atoms with Crippen LogP contribution in [0.3, 0.4) is 0 Å². The van der Waals surface area contributed by atoms with Crippen LogP contribution in [0.25, 0.3) is 0 Å². The number of hydrogen-bond acceptors (Lipinski definition) is 7. The SMILES string of the molecule is C[C@H]1[C@H](N)C(=O)N1P(=O)(O)OCC(=O)c1cc(=O)c(O)c[nH]1. The van der Waals surface area contributed by atoms with Crippen LogP contribution < -0.4 is 11.2 Å². The monoisotopic (exact) mass is 331 g/mol. The number of carbonyl (C=O) groups is 2. The standard InChI is InChI=1S/C11H14N3O7P/c1-5-10(12)11(18)14(5)22(19,20)21-4-9(17)6-2-7(15)8(16)3-13-6/h2-3,5,10,16H,4,12H2,1H3,(H,13,15)(H,19,20)/t5-,10-/m0/s1. The van der Waals surface area contributed by atoms with E-state index in [1.807, 2.05) is 0 Å². The molecule has 0 radical (unpaired) electrons. The second kappa shape index (κ2) is 5.65. The van der Waals surface area contributed by atoms with Gasteiger partial charge in [-0.2, -0.15) is 0 Å². The van der Waals surface area contributed by atoms with Crippen molar-refractivity contribution in [3.8, 4) is 5.75 Å². The zero-order chi connectivity index (χ0) is 16.7. The number of rotatable bonds is 5. The molecule has 120 valence electrons. The summed E-state index contributed by atoms with van der Waals surface area (Å²) >= 11 is 0. The van der Waals surface area contributed by atoms with Gasteiger partial charge in [-0.25, -0.2) is 9.24 Å². The molecule has 1 fully saturated rings. The quantitative estimate of drug-likeness (QED) is 0.301. The maximum atomic E-state index is 11.9. The van der Waals surface area contributed by atoms with Crippen molar-refractivity contribution in [1.29, 1.82) is 0 Å². The maximum absolute atomic E-state index is 11.9. The molecule has 0 aromatic carbocycles. The van der Waals surface area contributed by atoms with E-state index in [0.717, 1.165) is 12.3 Å². The van der Waals surface area contributed by atoms with Crippen molar-refractivity contribution in [2.24, 2.45) is 5.73 Å². The molecular formula is C11H14N3O7P. The van der Waals surface area contributed by atoms with Crippen molar-refractivity contribution in [3.05, 3.63) is 28.2 Å². The number of nitrogens with zero attached hydrogens (tertiary/aromatic N) is 1. The normalized spacial score (nSPS) is 23.8. The number of Topliss-reactive ketones (excluding diaryl/α,β-unsaturated/α-hetero) is 1. The average molecular weight is 331 g/mol. The molecule has 2 heterocycles. The molecular weight excluding hydrogens is 317 g/mol. The summed E-state index contributed by atoms with van der Waals surface area (Å²) < 4.78 is 17.2. The second-order valence-electron chi connectivity index (χ2n) is 4.73. The van der Waals surface area contributed by atoms with Gasteiger partial charge >= 0.3 is 7.75 Å². The van der Waals surface area contributed by atoms with Crippen molar-refractivity contribution < 1.29 is 28.7 Å². The van der Waals surface area contributed by atoms with E-state index >= 15 is 0 Å². The van der Waals surface area contributed by atoms with Crippen LogP contribution in [0.15, 0.2) is 17.1 Å². The third-order valence-electron chi connectivity index (χ3n) is 3.25. The highest BCUT2D eigenvalue weighted by atomic mass is 31.2. The number of aromatic amines is 1. The molecule has 3 atom stereocenters. The lowest BCUT2D eigenvalue weighted by molar-refractivity contribution is -0.141. The number of aromatic nitrogens is 1. The van der Waals surface area contributed by atoms with Gasteiger partial charge in [0.2, 0.25) is 11.2 Å². The van der Waals surface area contributed by atoms with Crippen molar-refractivity contribution in [2.45, 2.75) is 19.0 Å². The Morgan fingerprint density at radius 1 is 1.55 bits per heavy atom. The predicted octanol–water partition coefficient (Wildman–Crippen LogP) is -1.06. The van der Waals surface area contributed by atoms with Crippen LogP contribution in [0.1, 0.15) is 17.4 Å². The molecule has 1 aliphatic heterocycles. The molecule has 5 N–H and O–H groups in total. The minimum absolute atomic E-state index is 0.206. The Balaban J connectivity index is 2.04. The van der Waals surface area contributed by atoms with Crippen LogP contribution in [0.2, 0.25) is 0 Å². The second-order valence-corrected chi connectivity index (χ2v) is 6.40. The highest BCUT2D eigenvalue weighted by Crippen LogP contribution is 2.52.